The molecule has 1 rings (SSSR count). The number of pyridine rings is 1. The fourth-order valence-electron chi connectivity index (χ4n) is 0.954. The third kappa shape index (κ3) is 15.7. The van der Waals surface area contributed by atoms with Crippen molar-refractivity contribution in [1.29, 1.82) is 5.26 Å². The van der Waals surface area contributed by atoms with Crippen LogP contribution in [0.4, 0.5) is 0 Å². The van der Waals surface area contributed by atoms with Gasteiger partial charge in [0, 0.05) is 51.5 Å². The molecule has 1 radical (unpaired) electrons. The third-order valence-electron chi connectivity index (χ3n) is 2.15. The van der Waals surface area contributed by atoms with E-state index in [9.17, 15) is 0 Å². The van der Waals surface area contributed by atoms with Crippen LogP contribution >= 0.6 is 0 Å². The minimum Gasteiger partial charge on any atom is -0.261 e. The van der Waals surface area contributed by atoms with Gasteiger partial charge >= 0.3 is 0 Å². The van der Waals surface area contributed by atoms with Crippen LogP contribution in [0.15, 0.2) is 6.20 Å². The zero-order valence-electron chi connectivity index (χ0n) is 14.3. The number of rotatable bonds is 0. The molecule has 19 heavy (non-hydrogen) atoms. The molecule has 0 fully saturated rings. The third-order valence-corrected chi connectivity index (χ3v) is 2.15. The molecule has 107 valence electrons. The van der Waals surface area contributed by atoms with E-state index in [0.717, 1.165) is 5.69 Å². The van der Waals surface area contributed by atoms with Crippen LogP contribution < -0.4 is 0 Å². The van der Waals surface area contributed by atoms with Crippen LogP contribution in [0.3, 0.4) is 0 Å². The van der Waals surface area contributed by atoms with E-state index in [1.807, 2.05) is 27.0 Å². The van der Waals surface area contributed by atoms with Crippen molar-refractivity contribution in [3.63, 3.8) is 0 Å². The Labute approximate surface area is 145 Å². The molecule has 0 amide bonds. The van der Waals surface area contributed by atoms with E-state index in [0.29, 0.717) is 0 Å². The molecular weight excluding hydrogens is 309 g/mol. The van der Waals surface area contributed by atoms with Crippen LogP contribution in [0, 0.1) is 39.0 Å². The molecule has 0 spiro atoms. The summed E-state index contributed by atoms with van der Waals surface area (Å²) in [6.45, 7) is 18.1. The minimum absolute atomic E-state index is 0. The number of nitrogens with zero attached hydrogens (tertiary/aromatic N) is 2. The van der Waals surface area contributed by atoms with Crippen molar-refractivity contribution in [2.24, 2.45) is 0 Å². The summed E-state index contributed by atoms with van der Waals surface area (Å²) in [7, 11) is 0. The maximum atomic E-state index is 7.32. The van der Waals surface area contributed by atoms with Gasteiger partial charge in [0.15, 0.2) is 0 Å². The van der Waals surface area contributed by atoms with Gasteiger partial charge in [-0.2, -0.15) is 5.26 Å². The van der Waals surface area contributed by atoms with Gasteiger partial charge < -0.3 is 0 Å². The summed E-state index contributed by atoms with van der Waals surface area (Å²) >= 11 is 0. The van der Waals surface area contributed by atoms with Crippen LogP contribution in [0.5, 0.6) is 0 Å². The van der Waals surface area contributed by atoms with E-state index >= 15 is 0 Å². The average molecular weight is 339 g/mol. The molecule has 0 atom stereocenters. The Kier molecular flexibility index (Phi) is 28.7. The van der Waals surface area contributed by atoms with E-state index in [-0.39, 0.29) is 32.7 Å². The monoisotopic (exact) mass is 339 g/mol. The zero-order valence-corrected chi connectivity index (χ0v) is 17.1. The molecule has 0 aliphatic heterocycles. The Morgan fingerprint density at radius 1 is 1.05 bits per heavy atom. The Morgan fingerprint density at radius 2 is 1.37 bits per heavy atom. The molecule has 0 aliphatic rings. The van der Waals surface area contributed by atoms with Gasteiger partial charge in [0.05, 0.1) is 6.07 Å². The largest absolute Gasteiger partial charge is 0.261 e. The molecule has 1 aromatic rings. The summed E-state index contributed by atoms with van der Waals surface area (Å²) in [5.74, 6) is 0. The van der Waals surface area contributed by atoms with E-state index < -0.39 is 0 Å². The minimum atomic E-state index is 0. The first-order valence-corrected chi connectivity index (χ1v) is 6.66. The number of aromatic nitrogens is 1. The van der Waals surface area contributed by atoms with Gasteiger partial charge in [-0.3, -0.25) is 4.98 Å². The van der Waals surface area contributed by atoms with Crippen molar-refractivity contribution in [3.8, 4) is 6.07 Å². The van der Waals surface area contributed by atoms with Gasteiger partial charge in [-0.15, -0.1) is 0 Å². The summed E-state index contributed by atoms with van der Waals surface area (Å²) in [6.07, 6.45) is 3.18. The van der Waals surface area contributed by atoms with Gasteiger partial charge in [-0.25, -0.2) is 0 Å². The standard InChI is InChI=1S/C9H13N.C3H8.C2H3N.C2H6.Y/c1-6-5-10-9(4)8(3)7(6)2;1-3-2;1-2-3;1-2;/h5H,1-4H3;3H2,1-2H3;1H3;1-2H3;. The molecule has 3 heteroatoms. The van der Waals surface area contributed by atoms with Crippen LogP contribution in [0.2, 0.25) is 0 Å². The summed E-state index contributed by atoms with van der Waals surface area (Å²) in [4.78, 5) is 4.24. The molecule has 2 nitrogen and oxygen atoms in total. The Hall–Kier alpha value is -0.256. The molecule has 0 saturated heterocycles. The number of aryl methyl sites for hydroxylation is 2. The first-order chi connectivity index (χ1) is 8.45. The van der Waals surface area contributed by atoms with Crippen LogP contribution in [-0.2, 0) is 32.7 Å². The van der Waals surface area contributed by atoms with E-state index in [1.165, 1.54) is 30.0 Å². The van der Waals surface area contributed by atoms with E-state index in [2.05, 4.69) is 39.6 Å². The van der Waals surface area contributed by atoms with Crippen LogP contribution in [-0.4, -0.2) is 4.98 Å². The van der Waals surface area contributed by atoms with Gasteiger partial charge in [-0.1, -0.05) is 34.1 Å². The second kappa shape index (κ2) is 20.1. The van der Waals surface area contributed by atoms with Crippen LogP contribution in [0.25, 0.3) is 0 Å². The van der Waals surface area contributed by atoms with Crippen molar-refractivity contribution < 1.29 is 32.7 Å². The second-order valence-electron chi connectivity index (χ2n) is 3.71. The van der Waals surface area contributed by atoms with Gasteiger partial charge in [0.1, 0.15) is 0 Å². The molecule has 0 unspecified atom stereocenters. The fraction of sp³-hybridized carbons (Fsp3) is 0.625. The maximum Gasteiger partial charge on any atom is 0.0587 e. The smallest absolute Gasteiger partial charge is 0.0587 e. The van der Waals surface area contributed by atoms with Crippen molar-refractivity contribution >= 4 is 0 Å². The second-order valence-corrected chi connectivity index (χ2v) is 3.71. The normalized spacial score (nSPS) is 6.95. The SMILES string of the molecule is CC.CC#N.CCC.Cc1cnc(C)c(C)c1C.[Y]. The number of nitriles is 1. The van der Waals surface area contributed by atoms with Crippen molar-refractivity contribution in [1.82, 2.24) is 4.98 Å². The molecular formula is C16H30N2Y. The zero-order chi connectivity index (χ0) is 15.1. The summed E-state index contributed by atoms with van der Waals surface area (Å²) in [5, 5.41) is 7.32. The summed E-state index contributed by atoms with van der Waals surface area (Å²) < 4.78 is 0. The van der Waals surface area contributed by atoms with Crippen LogP contribution in [0.1, 0.15) is 63.4 Å². The molecule has 0 saturated carbocycles. The summed E-state index contributed by atoms with van der Waals surface area (Å²) in [5.41, 5.74) is 5.11. The number of hydrogen-bond acceptors (Lipinski definition) is 2. The van der Waals surface area contributed by atoms with E-state index in [1.54, 1.807) is 6.07 Å². The summed E-state index contributed by atoms with van der Waals surface area (Å²) in [6, 6.07) is 1.75. The molecule has 0 aromatic carbocycles. The van der Waals surface area contributed by atoms with Crippen molar-refractivity contribution in [2.75, 3.05) is 0 Å². The van der Waals surface area contributed by atoms with Crippen molar-refractivity contribution in [2.45, 2.75) is 68.7 Å². The Morgan fingerprint density at radius 3 is 1.63 bits per heavy atom. The maximum absolute atomic E-state index is 7.32. The molecule has 0 N–H and O–H groups in total. The van der Waals surface area contributed by atoms with Gasteiger partial charge in [0.2, 0.25) is 0 Å². The Bertz CT molecular complexity index is 314. The number of hydrogen-bond donors (Lipinski definition) is 0. The first kappa shape index (κ1) is 27.1. The molecule has 1 heterocycles. The van der Waals surface area contributed by atoms with Crippen molar-refractivity contribution in [3.05, 3.63) is 28.6 Å². The quantitative estimate of drug-likeness (QED) is 0.644. The topological polar surface area (TPSA) is 36.7 Å². The predicted octanol–water partition coefficient (Wildman–Crippen LogP) is 5.29. The molecule has 0 aliphatic carbocycles. The predicted molar refractivity (Wildman–Crippen MR) is 81.8 cm³/mol. The molecule has 1 aromatic heterocycles. The Balaban J connectivity index is -0.000000106. The van der Waals surface area contributed by atoms with Gasteiger partial charge in [0.25, 0.3) is 0 Å². The molecule has 0 bridgehead atoms. The first-order valence-electron chi connectivity index (χ1n) is 6.66. The van der Waals surface area contributed by atoms with E-state index in [4.69, 9.17) is 5.26 Å². The average Bonchev–Trinajstić information content (AvgIpc) is 2.36. The fourth-order valence-corrected chi connectivity index (χ4v) is 0.954. The van der Waals surface area contributed by atoms with Gasteiger partial charge in [-0.05, 0) is 44.4 Å².